The van der Waals surface area contributed by atoms with Gasteiger partial charge in [-0.15, -0.1) is 11.3 Å². The van der Waals surface area contributed by atoms with Gasteiger partial charge in [0.25, 0.3) is 0 Å². The first kappa shape index (κ1) is 18.6. The Morgan fingerprint density at radius 2 is 1.88 bits per heavy atom. The van der Waals surface area contributed by atoms with Crippen molar-refractivity contribution in [2.24, 2.45) is 0 Å². The summed E-state index contributed by atoms with van der Waals surface area (Å²) in [7, 11) is -3.44. The molecule has 0 atom stereocenters. The third-order valence-corrected chi connectivity index (χ3v) is 6.86. The molecule has 0 unspecified atom stereocenters. The van der Waals surface area contributed by atoms with Crippen molar-refractivity contribution >= 4 is 26.5 Å². The van der Waals surface area contributed by atoms with Crippen molar-refractivity contribution in [3.63, 3.8) is 0 Å². The lowest BCUT2D eigenvalue weighted by atomic mass is 10.2. The lowest BCUT2D eigenvalue weighted by molar-refractivity contribution is 0.445. The van der Waals surface area contributed by atoms with Crippen LogP contribution in [0.1, 0.15) is 19.6 Å². The minimum Gasteiger partial charge on any atom is -0.467 e. The van der Waals surface area contributed by atoms with E-state index in [1.165, 1.54) is 15.6 Å². The van der Waals surface area contributed by atoms with Crippen LogP contribution < -0.4 is 5.32 Å². The van der Waals surface area contributed by atoms with E-state index in [-0.39, 0.29) is 0 Å². The Bertz CT molecular complexity index is 928. The number of benzene rings is 1. The molecule has 138 valence electrons. The van der Waals surface area contributed by atoms with Crippen LogP contribution in [0.3, 0.4) is 0 Å². The smallest absolute Gasteiger partial charge is 0.243 e. The summed E-state index contributed by atoms with van der Waals surface area (Å²) in [6, 6.07) is 10.6. The number of anilines is 1. The fraction of sp³-hybridized carbons (Fsp3) is 0.278. The van der Waals surface area contributed by atoms with Crippen LogP contribution in [0.5, 0.6) is 0 Å². The first-order valence-corrected chi connectivity index (χ1v) is 10.7. The number of furan rings is 1. The average molecular weight is 392 g/mol. The summed E-state index contributed by atoms with van der Waals surface area (Å²) in [6.45, 7) is 5.15. The maximum Gasteiger partial charge on any atom is 0.243 e. The molecule has 1 N–H and O–H groups in total. The molecule has 0 fully saturated rings. The molecule has 6 nitrogen and oxygen atoms in total. The molecule has 0 spiro atoms. The maximum atomic E-state index is 12.5. The monoisotopic (exact) mass is 391 g/mol. The van der Waals surface area contributed by atoms with E-state index in [1.807, 2.05) is 31.4 Å². The molecule has 0 radical (unpaired) electrons. The SMILES string of the molecule is CCN(CC)S(=O)(=O)c1ccc(-c2csc(NCc3ccco3)n2)cc1. The zero-order valence-electron chi connectivity index (χ0n) is 14.7. The van der Waals surface area contributed by atoms with Crippen LogP contribution in [0.2, 0.25) is 0 Å². The molecule has 0 aliphatic rings. The molecule has 0 aliphatic heterocycles. The predicted octanol–water partition coefficient (Wildman–Crippen LogP) is 4.05. The normalized spacial score (nSPS) is 11.8. The van der Waals surface area contributed by atoms with Gasteiger partial charge in [0.1, 0.15) is 5.76 Å². The van der Waals surface area contributed by atoms with Crippen LogP contribution in [-0.2, 0) is 16.6 Å². The standard InChI is InChI=1S/C18H21N3O3S2/c1-3-21(4-2)26(22,23)16-9-7-14(8-10-16)17-13-25-18(20-17)19-12-15-6-5-11-24-15/h5-11,13H,3-4,12H2,1-2H3,(H,19,20). The number of nitrogens with zero attached hydrogens (tertiary/aromatic N) is 2. The van der Waals surface area contributed by atoms with Crippen molar-refractivity contribution in [2.45, 2.75) is 25.3 Å². The van der Waals surface area contributed by atoms with E-state index in [0.717, 1.165) is 22.1 Å². The van der Waals surface area contributed by atoms with Gasteiger partial charge in [0.2, 0.25) is 10.0 Å². The van der Waals surface area contributed by atoms with Gasteiger partial charge in [-0.3, -0.25) is 0 Å². The van der Waals surface area contributed by atoms with E-state index in [4.69, 9.17) is 4.42 Å². The fourth-order valence-electron chi connectivity index (χ4n) is 2.57. The predicted molar refractivity (Wildman–Crippen MR) is 104 cm³/mol. The second-order valence-corrected chi connectivity index (χ2v) is 8.38. The summed E-state index contributed by atoms with van der Waals surface area (Å²) in [5, 5.41) is 5.95. The van der Waals surface area contributed by atoms with Crippen molar-refractivity contribution in [2.75, 3.05) is 18.4 Å². The van der Waals surface area contributed by atoms with Crippen LogP contribution in [0.4, 0.5) is 5.13 Å². The van der Waals surface area contributed by atoms with Gasteiger partial charge in [-0.1, -0.05) is 26.0 Å². The summed E-state index contributed by atoms with van der Waals surface area (Å²) in [6.07, 6.45) is 1.64. The van der Waals surface area contributed by atoms with E-state index < -0.39 is 10.0 Å². The highest BCUT2D eigenvalue weighted by molar-refractivity contribution is 7.89. The lowest BCUT2D eigenvalue weighted by Crippen LogP contribution is -2.30. The van der Waals surface area contributed by atoms with Crippen molar-refractivity contribution in [1.82, 2.24) is 9.29 Å². The quantitative estimate of drug-likeness (QED) is 0.627. The summed E-state index contributed by atoms with van der Waals surface area (Å²) in [5.41, 5.74) is 1.69. The molecule has 2 aromatic heterocycles. The van der Waals surface area contributed by atoms with E-state index in [2.05, 4.69) is 10.3 Å². The number of nitrogens with one attached hydrogen (secondary N) is 1. The fourth-order valence-corrected chi connectivity index (χ4v) is 4.75. The van der Waals surface area contributed by atoms with Gasteiger partial charge >= 0.3 is 0 Å². The molecule has 0 bridgehead atoms. The molecule has 2 heterocycles. The van der Waals surface area contributed by atoms with Crippen LogP contribution in [0.15, 0.2) is 57.4 Å². The molecule has 0 amide bonds. The minimum atomic E-state index is -3.44. The summed E-state index contributed by atoms with van der Waals surface area (Å²) >= 11 is 1.50. The number of rotatable bonds is 8. The third-order valence-electron chi connectivity index (χ3n) is 3.99. The number of aromatic nitrogens is 1. The second-order valence-electron chi connectivity index (χ2n) is 5.58. The number of hydrogen-bond donors (Lipinski definition) is 1. The van der Waals surface area contributed by atoms with Crippen molar-refractivity contribution in [3.8, 4) is 11.3 Å². The lowest BCUT2D eigenvalue weighted by Gasteiger charge is -2.18. The van der Waals surface area contributed by atoms with Crippen LogP contribution in [0.25, 0.3) is 11.3 Å². The van der Waals surface area contributed by atoms with Crippen LogP contribution in [0, 0.1) is 0 Å². The molecule has 8 heteroatoms. The maximum absolute atomic E-state index is 12.5. The Kier molecular flexibility index (Phi) is 5.75. The number of hydrogen-bond acceptors (Lipinski definition) is 6. The van der Waals surface area contributed by atoms with Gasteiger partial charge in [0, 0.05) is 24.0 Å². The first-order valence-electron chi connectivity index (χ1n) is 8.37. The number of thiazole rings is 1. The van der Waals surface area contributed by atoms with Gasteiger partial charge in [-0.25, -0.2) is 13.4 Å². The Labute approximate surface area is 157 Å². The Balaban J connectivity index is 1.73. The zero-order chi connectivity index (χ0) is 18.6. The van der Waals surface area contributed by atoms with E-state index >= 15 is 0 Å². The zero-order valence-corrected chi connectivity index (χ0v) is 16.3. The Morgan fingerprint density at radius 1 is 1.15 bits per heavy atom. The highest BCUT2D eigenvalue weighted by Gasteiger charge is 2.21. The number of sulfonamides is 1. The van der Waals surface area contributed by atoms with Gasteiger partial charge in [0.15, 0.2) is 5.13 Å². The molecule has 26 heavy (non-hydrogen) atoms. The van der Waals surface area contributed by atoms with Gasteiger partial charge in [-0.2, -0.15) is 4.31 Å². The third kappa shape index (κ3) is 3.98. The van der Waals surface area contributed by atoms with Gasteiger partial charge in [0.05, 0.1) is 23.4 Å². The molecular formula is C18H21N3O3S2. The minimum absolute atomic E-state index is 0.302. The van der Waals surface area contributed by atoms with Crippen molar-refractivity contribution in [1.29, 1.82) is 0 Å². The van der Waals surface area contributed by atoms with Crippen LogP contribution >= 0.6 is 11.3 Å². The summed E-state index contributed by atoms with van der Waals surface area (Å²) < 4.78 is 31.8. The molecule has 3 rings (SSSR count). The molecule has 3 aromatic rings. The van der Waals surface area contributed by atoms with E-state index in [1.54, 1.807) is 30.5 Å². The van der Waals surface area contributed by atoms with E-state index in [9.17, 15) is 8.42 Å². The second kappa shape index (κ2) is 8.03. The topological polar surface area (TPSA) is 75.4 Å². The average Bonchev–Trinajstić information content (AvgIpc) is 3.33. The molecule has 0 saturated carbocycles. The molecule has 0 aliphatic carbocycles. The van der Waals surface area contributed by atoms with Gasteiger partial charge < -0.3 is 9.73 Å². The van der Waals surface area contributed by atoms with Gasteiger partial charge in [-0.05, 0) is 24.3 Å². The Morgan fingerprint density at radius 3 is 2.50 bits per heavy atom. The highest BCUT2D eigenvalue weighted by Crippen LogP contribution is 2.27. The summed E-state index contributed by atoms with van der Waals surface area (Å²) in [5.74, 6) is 0.840. The van der Waals surface area contributed by atoms with E-state index in [0.29, 0.717) is 24.5 Å². The van der Waals surface area contributed by atoms with Crippen LogP contribution in [-0.4, -0.2) is 30.8 Å². The largest absolute Gasteiger partial charge is 0.467 e. The Hall–Kier alpha value is -2.16. The van der Waals surface area contributed by atoms with Crippen molar-refractivity contribution in [3.05, 3.63) is 53.8 Å². The summed E-state index contributed by atoms with van der Waals surface area (Å²) in [4.78, 5) is 4.85. The van der Waals surface area contributed by atoms with Crippen molar-refractivity contribution < 1.29 is 12.8 Å². The first-order chi connectivity index (χ1) is 12.5. The molecule has 1 aromatic carbocycles. The molecule has 0 saturated heterocycles. The highest BCUT2D eigenvalue weighted by atomic mass is 32.2. The molecular weight excluding hydrogens is 370 g/mol.